The van der Waals surface area contributed by atoms with Crippen molar-refractivity contribution >= 4 is 21.6 Å². The molecule has 1 heterocycles. The predicted octanol–water partition coefficient (Wildman–Crippen LogP) is 2.29. The van der Waals surface area contributed by atoms with Crippen molar-refractivity contribution in [2.24, 2.45) is 0 Å². The minimum atomic E-state index is 1.10. The lowest BCUT2D eigenvalue weighted by atomic mass is 10.1. The summed E-state index contributed by atoms with van der Waals surface area (Å²) in [7, 11) is 4.21. The average molecular weight is 241 g/mol. The van der Waals surface area contributed by atoms with Crippen molar-refractivity contribution in [3.8, 4) is 0 Å². The highest BCUT2D eigenvalue weighted by Gasteiger charge is 2.19. The molecule has 0 atom stereocenters. The van der Waals surface area contributed by atoms with E-state index < -0.39 is 0 Å². The van der Waals surface area contributed by atoms with Crippen molar-refractivity contribution in [1.82, 2.24) is 5.01 Å². The zero-order valence-electron chi connectivity index (χ0n) is 7.92. The first-order valence-corrected chi connectivity index (χ1v) is 5.21. The first kappa shape index (κ1) is 9.03. The SMILES string of the molecule is CN1CCc2cccc(Br)c2N1C. The number of para-hydroxylation sites is 1. The largest absolute Gasteiger partial charge is 0.308 e. The van der Waals surface area contributed by atoms with Gasteiger partial charge in [-0.25, -0.2) is 5.01 Å². The molecule has 0 unspecified atom stereocenters. The quantitative estimate of drug-likeness (QED) is 0.687. The number of halogens is 1. The molecular weight excluding hydrogens is 228 g/mol. The molecule has 2 nitrogen and oxygen atoms in total. The minimum absolute atomic E-state index is 1.10. The van der Waals surface area contributed by atoms with Crippen LogP contribution in [0, 0.1) is 0 Å². The molecule has 0 N–H and O–H groups in total. The van der Waals surface area contributed by atoms with Gasteiger partial charge in [-0.1, -0.05) is 12.1 Å². The van der Waals surface area contributed by atoms with Crippen LogP contribution < -0.4 is 5.01 Å². The van der Waals surface area contributed by atoms with Crippen LogP contribution in [0.4, 0.5) is 5.69 Å². The van der Waals surface area contributed by atoms with E-state index in [-0.39, 0.29) is 0 Å². The first-order chi connectivity index (χ1) is 6.20. The van der Waals surface area contributed by atoms with Crippen molar-refractivity contribution in [3.05, 3.63) is 28.2 Å². The summed E-state index contributed by atoms with van der Waals surface area (Å²) in [5.41, 5.74) is 2.73. The van der Waals surface area contributed by atoms with E-state index in [1.165, 1.54) is 15.7 Å². The smallest absolute Gasteiger partial charge is 0.0693 e. The van der Waals surface area contributed by atoms with Crippen LogP contribution in [0.1, 0.15) is 5.56 Å². The second-order valence-electron chi connectivity index (χ2n) is 3.40. The van der Waals surface area contributed by atoms with Gasteiger partial charge in [0, 0.05) is 25.1 Å². The molecule has 0 aromatic heterocycles. The summed E-state index contributed by atoms with van der Waals surface area (Å²) >= 11 is 3.58. The topological polar surface area (TPSA) is 6.48 Å². The van der Waals surface area contributed by atoms with Gasteiger partial charge in [0.1, 0.15) is 0 Å². The van der Waals surface area contributed by atoms with Crippen molar-refractivity contribution in [1.29, 1.82) is 0 Å². The molecule has 0 spiro atoms. The maximum atomic E-state index is 3.58. The Bertz CT molecular complexity index is 325. The van der Waals surface area contributed by atoms with E-state index in [1.54, 1.807) is 0 Å². The molecule has 13 heavy (non-hydrogen) atoms. The molecule has 0 bridgehead atoms. The van der Waals surface area contributed by atoms with Crippen molar-refractivity contribution in [2.75, 3.05) is 25.6 Å². The van der Waals surface area contributed by atoms with Crippen LogP contribution in [0.3, 0.4) is 0 Å². The highest BCUT2D eigenvalue weighted by Crippen LogP contribution is 2.32. The fourth-order valence-corrected chi connectivity index (χ4v) is 2.39. The molecule has 0 saturated heterocycles. The molecule has 1 aromatic rings. The highest BCUT2D eigenvalue weighted by molar-refractivity contribution is 9.10. The van der Waals surface area contributed by atoms with Crippen molar-refractivity contribution in [3.63, 3.8) is 0 Å². The summed E-state index contributed by atoms with van der Waals surface area (Å²) in [5, 5.41) is 4.43. The van der Waals surface area contributed by atoms with Crippen molar-refractivity contribution < 1.29 is 0 Å². The third-order valence-corrected chi connectivity index (χ3v) is 3.25. The van der Waals surface area contributed by atoms with E-state index in [0.717, 1.165) is 13.0 Å². The number of likely N-dealkylation sites (N-methyl/N-ethyl adjacent to an activating group) is 1. The normalized spacial score (nSPS) is 17.3. The summed E-state index contributed by atoms with van der Waals surface area (Å²) in [5.74, 6) is 0. The summed E-state index contributed by atoms with van der Waals surface area (Å²) in [6.45, 7) is 1.10. The lowest BCUT2D eigenvalue weighted by Crippen LogP contribution is -2.42. The monoisotopic (exact) mass is 240 g/mol. The maximum Gasteiger partial charge on any atom is 0.0693 e. The Hall–Kier alpha value is -0.540. The van der Waals surface area contributed by atoms with Crippen LogP contribution in [-0.2, 0) is 6.42 Å². The van der Waals surface area contributed by atoms with Crippen LogP contribution >= 0.6 is 15.9 Å². The lowest BCUT2D eigenvalue weighted by Gasteiger charge is -2.36. The zero-order valence-corrected chi connectivity index (χ0v) is 9.50. The molecule has 0 saturated carbocycles. The number of fused-ring (bicyclic) bond motifs is 1. The van der Waals surface area contributed by atoms with E-state index in [2.05, 4.69) is 58.2 Å². The van der Waals surface area contributed by atoms with Gasteiger partial charge in [-0.05, 0) is 34.0 Å². The van der Waals surface area contributed by atoms with E-state index in [0.29, 0.717) is 0 Å². The van der Waals surface area contributed by atoms with E-state index in [1.807, 2.05) is 0 Å². The summed E-state index contributed by atoms with van der Waals surface area (Å²) in [6, 6.07) is 6.39. The Morgan fingerprint density at radius 1 is 1.31 bits per heavy atom. The van der Waals surface area contributed by atoms with Gasteiger partial charge in [-0.3, -0.25) is 0 Å². The average Bonchev–Trinajstić information content (AvgIpc) is 2.12. The lowest BCUT2D eigenvalue weighted by molar-refractivity contribution is 0.313. The number of hydrogen-bond acceptors (Lipinski definition) is 2. The predicted molar refractivity (Wildman–Crippen MR) is 58.9 cm³/mol. The molecule has 0 fully saturated rings. The molecule has 1 aromatic carbocycles. The van der Waals surface area contributed by atoms with Crippen LogP contribution in [0.15, 0.2) is 22.7 Å². The Kier molecular flexibility index (Phi) is 2.30. The number of anilines is 1. The van der Waals surface area contributed by atoms with Gasteiger partial charge < -0.3 is 5.01 Å². The number of nitrogens with zero attached hydrogens (tertiary/aromatic N) is 2. The third kappa shape index (κ3) is 1.46. The van der Waals surface area contributed by atoms with Crippen LogP contribution in [0.25, 0.3) is 0 Å². The molecule has 2 rings (SSSR count). The number of hydrogen-bond donors (Lipinski definition) is 0. The van der Waals surface area contributed by atoms with Gasteiger partial charge >= 0.3 is 0 Å². The maximum absolute atomic E-state index is 3.58. The highest BCUT2D eigenvalue weighted by atomic mass is 79.9. The van der Waals surface area contributed by atoms with Gasteiger partial charge in [0.2, 0.25) is 0 Å². The molecule has 0 amide bonds. The summed E-state index contributed by atoms with van der Waals surface area (Å²) in [6.07, 6.45) is 1.13. The van der Waals surface area contributed by atoms with Crippen LogP contribution in [0.2, 0.25) is 0 Å². The first-order valence-electron chi connectivity index (χ1n) is 4.42. The standard InChI is InChI=1S/C10H13BrN2/c1-12-7-6-8-4-3-5-9(11)10(8)13(12)2/h3-5H,6-7H2,1-2H3. The fourth-order valence-electron chi connectivity index (χ4n) is 1.73. The molecule has 1 aliphatic heterocycles. The molecule has 0 aliphatic carbocycles. The summed E-state index contributed by atoms with van der Waals surface area (Å²) in [4.78, 5) is 0. The van der Waals surface area contributed by atoms with Crippen LogP contribution in [0.5, 0.6) is 0 Å². The van der Waals surface area contributed by atoms with Crippen molar-refractivity contribution in [2.45, 2.75) is 6.42 Å². The van der Waals surface area contributed by atoms with Crippen LogP contribution in [-0.4, -0.2) is 25.6 Å². The molecule has 3 heteroatoms. The molecule has 70 valence electrons. The van der Waals surface area contributed by atoms with E-state index in [9.17, 15) is 0 Å². The second kappa shape index (κ2) is 3.31. The minimum Gasteiger partial charge on any atom is -0.308 e. The van der Waals surface area contributed by atoms with Gasteiger partial charge in [0.25, 0.3) is 0 Å². The Balaban J connectivity index is 2.51. The third-order valence-electron chi connectivity index (χ3n) is 2.61. The Morgan fingerprint density at radius 2 is 2.08 bits per heavy atom. The van der Waals surface area contributed by atoms with Gasteiger partial charge in [0.15, 0.2) is 0 Å². The Labute approximate surface area is 87.2 Å². The van der Waals surface area contributed by atoms with E-state index in [4.69, 9.17) is 0 Å². The number of hydrazine groups is 1. The molecule has 0 radical (unpaired) electrons. The Morgan fingerprint density at radius 3 is 2.85 bits per heavy atom. The molecule has 1 aliphatic rings. The fraction of sp³-hybridized carbons (Fsp3) is 0.400. The zero-order chi connectivity index (χ0) is 9.42. The summed E-state index contributed by atoms with van der Waals surface area (Å²) < 4.78 is 1.18. The number of rotatable bonds is 0. The molecular formula is C10H13BrN2. The van der Waals surface area contributed by atoms with Gasteiger partial charge in [-0.15, -0.1) is 0 Å². The van der Waals surface area contributed by atoms with Gasteiger partial charge in [-0.2, -0.15) is 0 Å². The van der Waals surface area contributed by atoms with Gasteiger partial charge in [0.05, 0.1) is 5.69 Å². The number of benzene rings is 1. The van der Waals surface area contributed by atoms with E-state index >= 15 is 0 Å². The second-order valence-corrected chi connectivity index (χ2v) is 4.26.